The van der Waals surface area contributed by atoms with Crippen molar-refractivity contribution < 1.29 is 0 Å². The number of rotatable bonds is 8. The Morgan fingerprint density at radius 2 is 1.50 bits per heavy atom. The molecule has 1 aromatic carbocycles. The van der Waals surface area contributed by atoms with Crippen LogP contribution in [0.3, 0.4) is 0 Å². The van der Waals surface area contributed by atoms with E-state index in [1.165, 1.54) is 56.0 Å². The van der Waals surface area contributed by atoms with Crippen LogP contribution in [-0.2, 0) is 6.42 Å². The highest BCUT2D eigenvalue weighted by Crippen LogP contribution is 2.09. The van der Waals surface area contributed by atoms with Crippen LogP contribution < -0.4 is 5.46 Å². The number of unbranched alkanes of at least 4 members (excludes halogenated alkanes) is 5. The van der Waals surface area contributed by atoms with Crippen LogP contribution in [0.15, 0.2) is 24.3 Å². The average molecular weight is 215 g/mol. The first-order valence-corrected chi connectivity index (χ1v) is 6.75. The molecule has 0 heterocycles. The van der Waals surface area contributed by atoms with Crippen molar-refractivity contribution in [1.82, 2.24) is 0 Å². The van der Waals surface area contributed by atoms with Gasteiger partial charge in [0.15, 0.2) is 0 Å². The lowest BCUT2D eigenvalue weighted by molar-refractivity contribution is 0.607. The molecule has 0 atom stereocenters. The fourth-order valence-electron chi connectivity index (χ4n) is 1.99. The second-order valence-corrected chi connectivity index (χ2v) is 4.55. The van der Waals surface area contributed by atoms with Crippen LogP contribution in [0, 0.1) is 0 Å². The normalized spacial score (nSPS) is 10.4. The summed E-state index contributed by atoms with van der Waals surface area (Å²) >= 11 is 0. The molecule has 16 heavy (non-hydrogen) atoms. The Kier molecular flexibility index (Phi) is 7.04. The Morgan fingerprint density at radius 1 is 0.875 bits per heavy atom. The predicted molar refractivity (Wildman–Crippen MR) is 74.8 cm³/mol. The van der Waals surface area contributed by atoms with E-state index in [2.05, 4.69) is 45.3 Å². The van der Waals surface area contributed by atoms with E-state index in [0.717, 1.165) is 0 Å². The van der Waals surface area contributed by atoms with Gasteiger partial charge in [0.2, 0.25) is 0 Å². The minimum atomic E-state index is 1.25. The Morgan fingerprint density at radius 3 is 2.12 bits per heavy atom. The Labute approximate surface area is 102 Å². The van der Waals surface area contributed by atoms with Gasteiger partial charge in [-0.1, -0.05) is 75.6 Å². The number of benzene rings is 1. The molecule has 0 saturated carbocycles. The van der Waals surface area contributed by atoms with E-state index < -0.39 is 0 Å². The van der Waals surface area contributed by atoms with Crippen LogP contribution in [0.5, 0.6) is 0 Å². The van der Waals surface area contributed by atoms with Crippen molar-refractivity contribution in [2.75, 3.05) is 0 Å². The van der Waals surface area contributed by atoms with Crippen molar-refractivity contribution in [2.24, 2.45) is 0 Å². The molecule has 0 fully saturated rings. The van der Waals surface area contributed by atoms with Crippen molar-refractivity contribution in [3.8, 4) is 0 Å². The summed E-state index contributed by atoms with van der Waals surface area (Å²) in [6.07, 6.45) is 9.56. The van der Waals surface area contributed by atoms with Gasteiger partial charge in [-0.15, -0.1) is 0 Å². The quantitative estimate of drug-likeness (QED) is 0.454. The highest BCUT2D eigenvalue weighted by molar-refractivity contribution is 6.51. The van der Waals surface area contributed by atoms with Crippen LogP contribution in [0.1, 0.15) is 51.0 Å². The largest absolute Gasteiger partial charge is 0.148 e. The van der Waals surface area contributed by atoms with Gasteiger partial charge < -0.3 is 0 Å². The van der Waals surface area contributed by atoms with Crippen molar-refractivity contribution in [3.05, 3.63) is 29.8 Å². The molecular weight excluding hydrogens is 191 g/mol. The molecule has 0 aromatic heterocycles. The lowest BCUT2D eigenvalue weighted by atomic mass is 9.73. The van der Waals surface area contributed by atoms with Gasteiger partial charge in [0.05, 0.1) is 0 Å². The molecule has 0 aliphatic carbocycles. The highest BCUT2D eigenvalue weighted by atomic mass is 14.0. The smallest absolute Gasteiger partial charge is 0.0881 e. The molecule has 0 spiro atoms. The van der Waals surface area contributed by atoms with Crippen molar-refractivity contribution in [3.63, 3.8) is 0 Å². The van der Waals surface area contributed by atoms with Gasteiger partial charge in [-0.2, -0.15) is 0 Å². The maximum Gasteiger partial charge on any atom is 0.148 e. The SMILES string of the molecule is C[B]c1ccc(CCCCCCCC)cc1. The van der Waals surface area contributed by atoms with Crippen LogP contribution in [0.2, 0.25) is 6.82 Å². The van der Waals surface area contributed by atoms with Crippen molar-refractivity contribution >= 4 is 12.7 Å². The standard InChI is InChI=1S/C15H24B/c1-3-4-5-6-7-8-9-14-10-12-15(16-2)13-11-14/h10-13H,3-9H2,1-2H3. The van der Waals surface area contributed by atoms with Gasteiger partial charge in [-0.25, -0.2) is 0 Å². The third kappa shape index (κ3) is 5.39. The van der Waals surface area contributed by atoms with Crippen molar-refractivity contribution in [1.29, 1.82) is 0 Å². The zero-order valence-corrected chi connectivity index (χ0v) is 10.8. The topological polar surface area (TPSA) is 0 Å². The van der Waals surface area contributed by atoms with E-state index in [-0.39, 0.29) is 0 Å². The van der Waals surface area contributed by atoms with E-state index in [0.29, 0.717) is 0 Å². The van der Waals surface area contributed by atoms with Gasteiger partial charge in [0.25, 0.3) is 0 Å². The number of hydrogen-bond donors (Lipinski definition) is 0. The fraction of sp³-hybridized carbons (Fsp3) is 0.600. The summed E-state index contributed by atoms with van der Waals surface area (Å²) < 4.78 is 0. The molecule has 1 rings (SSSR count). The van der Waals surface area contributed by atoms with Crippen LogP contribution in [0.4, 0.5) is 0 Å². The van der Waals surface area contributed by atoms with E-state index in [4.69, 9.17) is 0 Å². The molecule has 0 unspecified atom stereocenters. The lowest BCUT2D eigenvalue weighted by Gasteiger charge is -2.03. The maximum absolute atomic E-state index is 2.27. The maximum atomic E-state index is 2.27. The minimum absolute atomic E-state index is 1.25. The Balaban J connectivity index is 2.12. The first-order chi connectivity index (χ1) is 7.86. The monoisotopic (exact) mass is 215 g/mol. The third-order valence-corrected chi connectivity index (χ3v) is 3.13. The summed E-state index contributed by atoms with van der Waals surface area (Å²) in [5.74, 6) is 0. The van der Waals surface area contributed by atoms with Gasteiger partial charge in [-0.3, -0.25) is 0 Å². The third-order valence-electron chi connectivity index (χ3n) is 3.13. The lowest BCUT2D eigenvalue weighted by Crippen LogP contribution is -2.09. The summed E-state index contributed by atoms with van der Waals surface area (Å²) in [5.41, 5.74) is 2.81. The minimum Gasteiger partial charge on any atom is -0.0881 e. The summed E-state index contributed by atoms with van der Waals surface area (Å²) in [4.78, 5) is 0. The highest BCUT2D eigenvalue weighted by Gasteiger charge is 1.95. The second kappa shape index (κ2) is 8.44. The summed E-state index contributed by atoms with van der Waals surface area (Å²) in [6.45, 7) is 4.36. The number of hydrogen-bond acceptors (Lipinski definition) is 0. The molecule has 0 N–H and O–H groups in total. The van der Waals surface area contributed by atoms with Crippen LogP contribution >= 0.6 is 0 Å². The van der Waals surface area contributed by atoms with Crippen LogP contribution in [0.25, 0.3) is 0 Å². The molecular formula is C15H24B. The molecule has 1 radical (unpaired) electrons. The van der Waals surface area contributed by atoms with Gasteiger partial charge in [0, 0.05) is 0 Å². The molecule has 87 valence electrons. The zero-order chi connectivity index (χ0) is 11.6. The van der Waals surface area contributed by atoms with E-state index >= 15 is 0 Å². The second-order valence-electron chi connectivity index (χ2n) is 4.55. The molecule has 0 saturated heterocycles. The van der Waals surface area contributed by atoms with E-state index in [1.807, 2.05) is 0 Å². The first-order valence-electron chi connectivity index (χ1n) is 6.75. The molecule has 0 amide bonds. The summed E-state index contributed by atoms with van der Waals surface area (Å²) in [6, 6.07) is 8.96. The molecule has 0 nitrogen and oxygen atoms in total. The molecule has 1 aromatic rings. The molecule has 0 aliphatic rings. The van der Waals surface area contributed by atoms with E-state index in [1.54, 1.807) is 0 Å². The molecule has 0 bridgehead atoms. The first kappa shape index (κ1) is 13.4. The van der Waals surface area contributed by atoms with Crippen molar-refractivity contribution in [2.45, 2.75) is 58.7 Å². The predicted octanol–water partition coefficient (Wildman–Crippen LogP) is 3.97. The fourth-order valence-corrected chi connectivity index (χ4v) is 1.99. The Bertz CT molecular complexity index is 263. The summed E-state index contributed by atoms with van der Waals surface area (Å²) in [7, 11) is 2.15. The molecule has 1 heteroatoms. The zero-order valence-electron chi connectivity index (χ0n) is 10.8. The van der Waals surface area contributed by atoms with Crippen LogP contribution in [-0.4, -0.2) is 7.28 Å². The Hall–Kier alpha value is -0.715. The average Bonchev–Trinajstić information content (AvgIpc) is 2.34. The molecule has 0 aliphatic heterocycles. The van der Waals surface area contributed by atoms with E-state index in [9.17, 15) is 0 Å². The summed E-state index contributed by atoms with van der Waals surface area (Å²) in [5, 5.41) is 0. The van der Waals surface area contributed by atoms with Gasteiger partial charge in [0.1, 0.15) is 7.28 Å². The van der Waals surface area contributed by atoms with Gasteiger partial charge in [-0.05, 0) is 18.4 Å². The number of aryl methyl sites for hydroxylation is 1. The van der Waals surface area contributed by atoms with Gasteiger partial charge >= 0.3 is 0 Å².